The van der Waals surface area contributed by atoms with Crippen LogP contribution in [0, 0.1) is 6.92 Å². The van der Waals surface area contributed by atoms with Crippen molar-refractivity contribution in [2.24, 2.45) is 0 Å². The minimum Gasteiger partial charge on any atom is -0.494 e. The van der Waals surface area contributed by atoms with Crippen LogP contribution < -0.4 is 14.8 Å². The Hall–Kier alpha value is -2.90. The van der Waals surface area contributed by atoms with E-state index in [9.17, 15) is 13.2 Å². The Bertz CT molecular complexity index is 1110. The third-order valence-electron chi connectivity index (χ3n) is 4.82. The lowest BCUT2D eigenvalue weighted by atomic mass is 10.2. The van der Waals surface area contributed by atoms with Gasteiger partial charge in [0, 0.05) is 6.07 Å². The third kappa shape index (κ3) is 13.1. The Morgan fingerprint density at radius 3 is 1.95 bits per heavy atom. The van der Waals surface area contributed by atoms with E-state index in [-0.39, 0.29) is 18.1 Å². The van der Waals surface area contributed by atoms with Crippen molar-refractivity contribution in [2.75, 3.05) is 65.3 Å². The molecule has 1 N–H and O–H groups in total. The van der Waals surface area contributed by atoms with Crippen LogP contribution in [-0.4, -0.2) is 80.1 Å². The van der Waals surface area contributed by atoms with Gasteiger partial charge in [0.2, 0.25) is 0 Å². The fraction of sp³-hybridized carbons (Fsp3) is 0.519. The lowest BCUT2D eigenvalue weighted by Gasteiger charge is -2.20. The van der Waals surface area contributed by atoms with Gasteiger partial charge in [-0.15, -0.1) is 0 Å². The topological polar surface area (TPSA) is 128 Å². The molecule has 0 bridgehead atoms. The number of hydrogen-bond acceptors (Lipinski definition) is 10. The molecule has 0 aliphatic heterocycles. The van der Waals surface area contributed by atoms with E-state index in [1.165, 1.54) is 19.2 Å². The van der Waals surface area contributed by atoms with Gasteiger partial charge < -0.3 is 28.4 Å². The van der Waals surface area contributed by atoms with Crippen LogP contribution in [-0.2, 0) is 33.2 Å². The molecule has 1 amide bonds. The second-order valence-electron chi connectivity index (χ2n) is 9.26. The summed E-state index contributed by atoms with van der Waals surface area (Å²) in [5.74, 6) is 1.00. The van der Waals surface area contributed by atoms with Crippen molar-refractivity contribution in [1.82, 2.24) is 0 Å². The zero-order chi connectivity index (χ0) is 28.7. The first-order valence-electron chi connectivity index (χ1n) is 12.5. The molecular formula is C27H39NO10S. The highest BCUT2D eigenvalue weighted by atomic mass is 32.2. The number of nitrogens with one attached hydrogen (secondary N) is 1. The molecule has 0 radical (unpaired) electrons. The molecule has 0 aromatic heterocycles. The summed E-state index contributed by atoms with van der Waals surface area (Å²) in [5.41, 5.74) is 0.829. The normalized spacial score (nSPS) is 11.7. The first-order chi connectivity index (χ1) is 18.5. The van der Waals surface area contributed by atoms with Gasteiger partial charge in [-0.1, -0.05) is 17.7 Å². The van der Waals surface area contributed by atoms with E-state index in [0.717, 1.165) is 5.56 Å². The number of benzene rings is 2. The van der Waals surface area contributed by atoms with Gasteiger partial charge in [0.05, 0.1) is 63.9 Å². The number of methoxy groups -OCH3 is 1. The molecule has 0 spiro atoms. The highest BCUT2D eigenvalue weighted by molar-refractivity contribution is 7.86. The van der Waals surface area contributed by atoms with Crippen LogP contribution in [0.4, 0.5) is 10.5 Å². The molecule has 0 atom stereocenters. The molecule has 218 valence electrons. The smallest absolute Gasteiger partial charge is 0.412 e. The predicted octanol–water partition coefficient (Wildman–Crippen LogP) is 4.18. The van der Waals surface area contributed by atoms with Crippen molar-refractivity contribution in [2.45, 2.75) is 38.2 Å². The number of carbonyl (C=O) groups is 1. The first-order valence-corrected chi connectivity index (χ1v) is 13.9. The first kappa shape index (κ1) is 32.3. The molecule has 0 aliphatic carbocycles. The molecule has 2 aromatic rings. The second-order valence-corrected chi connectivity index (χ2v) is 10.9. The molecule has 12 heteroatoms. The molecule has 0 saturated carbocycles. The van der Waals surface area contributed by atoms with Crippen molar-refractivity contribution >= 4 is 21.9 Å². The Labute approximate surface area is 230 Å². The standard InChI is InChI=1S/C27H39NO10S/c1-21-6-9-23(10-7-21)39(30,31)37-19-17-35-15-13-33-12-14-34-16-18-36-22-8-11-24(25(20-22)32-5)28-26(29)38-27(2,3)4/h6-11,20H,12-19H2,1-5H3,(H,28,29). The van der Waals surface area contributed by atoms with Crippen LogP contribution in [0.1, 0.15) is 26.3 Å². The van der Waals surface area contributed by atoms with Gasteiger partial charge in [0.15, 0.2) is 0 Å². The fourth-order valence-corrected chi connectivity index (χ4v) is 3.91. The minimum atomic E-state index is -3.79. The predicted molar refractivity (Wildman–Crippen MR) is 145 cm³/mol. The average Bonchev–Trinajstić information content (AvgIpc) is 2.86. The SMILES string of the molecule is COc1cc(OCCOCCOCCOCCOS(=O)(=O)c2ccc(C)cc2)ccc1NC(=O)OC(C)(C)C. The maximum Gasteiger partial charge on any atom is 0.412 e. The number of ether oxygens (including phenoxy) is 6. The average molecular weight is 570 g/mol. The summed E-state index contributed by atoms with van der Waals surface area (Å²) in [4.78, 5) is 12.1. The van der Waals surface area contributed by atoms with Gasteiger partial charge in [0.25, 0.3) is 10.1 Å². The Morgan fingerprint density at radius 2 is 1.38 bits per heavy atom. The van der Waals surface area contributed by atoms with Gasteiger partial charge in [-0.2, -0.15) is 8.42 Å². The van der Waals surface area contributed by atoms with Crippen molar-refractivity contribution < 1.29 is 45.8 Å². The van der Waals surface area contributed by atoms with Crippen LogP contribution in [0.3, 0.4) is 0 Å². The Kier molecular flexibility index (Phi) is 13.5. The van der Waals surface area contributed by atoms with Gasteiger partial charge in [-0.3, -0.25) is 9.50 Å². The molecule has 2 rings (SSSR count). The summed E-state index contributed by atoms with van der Waals surface area (Å²) in [6.07, 6.45) is -0.574. The molecule has 2 aromatic carbocycles. The number of carbonyl (C=O) groups excluding carboxylic acids is 1. The molecular weight excluding hydrogens is 530 g/mol. The van der Waals surface area contributed by atoms with Crippen molar-refractivity contribution in [3.8, 4) is 11.5 Å². The van der Waals surface area contributed by atoms with E-state index in [1.807, 2.05) is 6.92 Å². The number of rotatable bonds is 17. The van der Waals surface area contributed by atoms with E-state index in [4.69, 9.17) is 32.6 Å². The fourth-order valence-electron chi connectivity index (χ4n) is 3.01. The zero-order valence-corrected chi connectivity index (χ0v) is 24.0. The third-order valence-corrected chi connectivity index (χ3v) is 6.15. The maximum absolute atomic E-state index is 12.1. The Morgan fingerprint density at radius 1 is 0.821 bits per heavy atom. The molecule has 11 nitrogen and oxygen atoms in total. The van der Waals surface area contributed by atoms with Gasteiger partial charge in [-0.05, 0) is 52.0 Å². The van der Waals surface area contributed by atoms with E-state index in [2.05, 4.69) is 5.32 Å². The monoisotopic (exact) mass is 569 g/mol. The largest absolute Gasteiger partial charge is 0.494 e. The van der Waals surface area contributed by atoms with Crippen LogP contribution in [0.5, 0.6) is 11.5 Å². The van der Waals surface area contributed by atoms with E-state index >= 15 is 0 Å². The quantitative estimate of drug-likeness (QED) is 0.219. The molecule has 39 heavy (non-hydrogen) atoms. The summed E-state index contributed by atoms with van der Waals surface area (Å²) in [5, 5.41) is 2.65. The summed E-state index contributed by atoms with van der Waals surface area (Å²) in [7, 11) is -2.29. The van der Waals surface area contributed by atoms with Crippen molar-refractivity contribution in [3.63, 3.8) is 0 Å². The van der Waals surface area contributed by atoms with Crippen molar-refractivity contribution in [3.05, 3.63) is 48.0 Å². The van der Waals surface area contributed by atoms with Crippen molar-refractivity contribution in [1.29, 1.82) is 0 Å². The molecule has 0 saturated heterocycles. The number of anilines is 1. The highest BCUT2D eigenvalue weighted by Gasteiger charge is 2.18. The van der Waals surface area contributed by atoms with Crippen LogP contribution >= 0.6 is 0 Å². The van der Waals surface area contributed by atoms with Gasteiger partial charge in [-0.25, -0.2) is 4.79 Å². The van der Waals surface area contributed by atoms with E-state index in [1.54, 1.807) is 51.1 Å². The van der Waals surface area contributed by atoms with Gasteiger partial charge >= 0.3 is 6.09 Å². The molecule has 0 heterocycles. The van der Waals surface area contributed by atoms with Crippen LogP contribution in [0.15, 0.2) is 47.4 Å². The number of aryl methyl sites for hydroxylation is 1. The highest BCUT2D eigenvalue weighted by Crippen LogP contribution is 2.29. The summed E-state index contributed by atoms with van der Waals surface area (Å²) in [6.45, 7) is 9.36. The second kappa shape index (κ2) is 16.3. The summed E-state index contributed by atoms with van der Waals surface area (Å²) in [6, 6.07) is 11.5. The van der Waals surface area contributed by atoms with Crippen LogP contribution in [0.2, 0.25) is 0 Å². The molecule has 0 aliphatic rings. The summed E-state index contributed by atoms with van der Waals surface area (Å²) >= 11 is 0. The van der Waals surface area contributed by atoms with E-state index < -0.39 is 21.8 Å². The van der Waals surface area contributed by atoms with Crippen LogP contribution in [0.25, 0.3) is 0 Å². The van der Waals surface area contributed by atoms with Gasteiger partial charge in [0.1, 0.15) is 23.7 Å². The Balaban J connectivity index is 1.50. The lowest BCUT2D eigenvalue weighted by molar-refractivity contribution is 0.00527. The van der Waals surface area contributed by atoms with E-state index in [0.29, 0.717) is 56.8 Å². The maximum atomic E-state index is 12.1. The summed E-state index contributed by atoms with van der Waals surface area (Å²) < 4.78 is 61.6. The lowest BCUT2D eigenvalue weighted by Crippen LogP contribution is -2.27. The molecule has 0 fully saturated rings. The minimum absolute atomic E-state index is 0.0752. The zero-order valence-electron chi connectivity index (χ0n) is 23.2. The molecule has 0 unspecified atom stereocenters. The number of amides is 1. The number of hydrogen-bond donors (Lipinski definition) is 1.